The van der Waals surface area contributed by atoms with Crippen LogP contribution in [0, 0.1) is 5.82 Å². The van der Waals surface area contributed by atoms with Crippen LogP contribution in [0.5, 0.6) is 0 Å². The molecule has 2 aromatic rings. The van der Waals surface area contributed by atoms with E-state index < -0.39 is 0 Å². The minimum Gasteiger partial charge on any atom is -0.320 e. The number of rotatable bonds is 3. The number of aryl methyl sites for hydroxylation is 1. The van der Waals surface area contributed by atoms with E-state index in [0.29, 0.717) is 4.47 Å². The van der Waals surface area contributed by atoms with Crippen LogP contribution >= 0.6 is 15.9 Å². The zero-order valence-corrected chi connectivity index (χ0v) is 11.7. The summed E-state index contributed by atoms with van der Waals surface area (Å²) in [5, 5.41) is 0. The van der Waals surface area contributed by atoms with Crippen molar-refractivity contribution in [3.63, 3.8) is 0 Å². The molecule has 2 N–H and O–H groups in total. The molecule has 0 aliphatic rings. The van der Waals surface area contributed by atoms with E-state index in [9.17, 15) is 4.39 Å². The predicted octanol–water partition coefficient (Wildman–Crippen LogP) is 4.20. The van der Waals surface area contributed by atoms with Gasteiger partial charge in [-0.25, -0.2) is 4.39 Å². The fraction of sp³-hybridized carbons (Fsp3) is 0.200. The highest BCUT2D eigenvalue weighted by Crippen LogP contribution is 2.28. The molecule has 0 aliphatic carbocycles. The summed E-state index contributed by atoms with van der Waals surface area (Å²) in [7, 11) is 0. The number of hydrogen-bond donors (Lipinski definition) is 1. The van der Waals surface area contributed by atoms with Crippen LogP contribution < -0.4 is 5.73 Å². The highest BCUT2D eigenvalue weighted by Gasteiger charge is 2.14. The Kier molecular flexibility index (Phi) is 4.15. The van der Waals surface area contributed by atoms with E-state index in [-0.39, 0.29) is 11.9 Å². The van der Waals surface area contributed by atoms with Gasteiger partial charge in [0.15, 0.2) is 0 Å². The Morgan fingerprint density at radius 3 is 2.44 bits per heavy atom. The van der Waals surface area contributed by atoms with Crippen molar-refractivity contribution in [3.05, 3.63) is 69.4 Å². The van der Waals surface area contributed by atoms with Crippen LogP contribution in [-0.2, 0) is 6.42 Å². The number of hydrogen-bond acceptors (Lipinski definition) is 1. The summed E-state index contributed by atoms with van der Waals surface area (Å²) >= 11 is 3.25. The molecule has 3 heteroatoms. The number of halogens is 2. The molecular weight excluding hydrogens is 293 g/mol. The first-order valence-electron chi connectivity index (χ1n) is 5.91. The van der Waals surface area contributed by atoms with Gasteiger partial charge in [-0.05, 0) is 45.1 Å². The smallest absolute Gasteiger partial charge is 0.137 e. The fourth-order valence-electron chi connectivity index (χ4n) is 1.90. The van der Waals surface area contributed by atoms with Gasteiger partial charge in [-0.3, -0.25) is 0 Å². The zero-order chi connectivity index (χ0) is 13.1. The molecule has 2 aromatic carbocycles. The molecule has 1 atom stereocenters. The molecule has 0 saturated carbocycles. The van der Waals surface area contributed by atoms with Crippen LogP contribution in [-0.4, -0.2) is 0 Å². The van der Waals surface area contributed by atoms with E-state index in [1.54, 1.807) is 6.07 Å². The second-order valence-electron chi connectivity index (χ2n) is 4.22. The fourth-order valence-corrected chi connectivity index (χ4v) is 2.41. The third-order valence-corrected chi connectivity index (χ3v) is 3.90. The van der Waals surface area contributed by atoms with Crippen molar-refractivity contribution in [2.75, 3.05) is 0 Å². The Bertz CT molecular complexity index is 537. The molecule has 0 saturated heterocycles. The first-order valence-corrected chi connectivity index (χ1v) is 6.71. The van der Waals surface area contributed by atoms with Crippen LogP contribution in [0.1, 0.15) is 29.7 Å². The molecule has 0 radical (unpaired) electrons. The Labute approximate surface area is 115 Å². The molecule has 0 aliphatic heterocycles. The lowest BCUT2D eigenvalue weighted by molar-refractivity contribution is 0.616. The topological polar surface area (TPSA) is 26.0 Å². The molecule has 2 rings (SSSR count). The van der Waals surface area contributed by atoms with Crippen molar-refractivity contribution in [2.24, 2.45) is 5.73 Å². The summed E-state index contributed by atoms with van der Waals surface area (Å²) in [6.45, 7) is 2.11. The van der Waals surface area contributed by atoms with E-state index in [1.807, 2.05) is 18.2 Å². The monoisotopic (exact) mass is 307 g/mol. The molecule has 0 amide bonds. The van der Waals surface area contributed by atoms with Gasteiger partial charge in [-0.1, -0.05) is 43.3 Å². The average Bonchev–Trinajstić information content (AvgIpc) is 2.41. The minimum atomic E-state index is -0.319. The Morgan fingerprint density at radius 1 is 1.17 bits per heavy atom. The molecule has 0 aromatic heterocycles. The van der Waals surface area contributed by atoms with Crippen LogP contribution in [0.25, 0.3) is 0 Å². The lowest BCUT2D eigenvalue weighted by atomic mass is 9.98. The lowest BCUT2D eigenvalue weighted by Gasteiger charge is -2.15. The quantitative estimate of drug-likeness (QED) is 0.903. The van der Waals surface area contributed by atoms with Crippen LogP contribution in [0.4, 0.5) is 4.39 Å². The number of nitrogens with two attached hydrogens (primary N) is 1. The van der Waals surface area contributed by atoms with Gasteiger partial charge in [0.05, 0.1) is 10.5 Å². The molecule has 94 valence electrons. The maximum Gasteiger partial charge on any atom is 0.137 e. The average molecular weight is 308 g/mol. The first-order chi connectivity index (χ1) is 8.63. The minimum absolute atomic E-state index is 0.284. The van der Waals surface area contributed by atoms with Crippen molar-refractivity contribution >= 4 is 15.9 Å². The van der Waals surface area contributed by atoms with E-state index >= 15 is 0 Å². The molecule has 1 nitrogen and oxygen atoms in total. The zero-order valence-electron chi connectivity index (χ0n) is 10.2. The van der Waals surface area contributed by atoms with Gasteiger partial charge < -0.3 is 5.73 Å². The second kappa shape index (κ2) is 5.63. The molecule has 0 spiro atoms. The first kappa shape index (κ1) is 13.2. The molecular formula is C15H15BrFN. The van der Waals surface area contributed by atoms with Gasteiger partial charge in [-0.2, -0.15) is 0 Å². The maximum atomic E-state index is 13.5. The largest absolute Gasteiger partial charge is 0.320 e. The highest BCUT2D eigenvalue weighted by atomic mass is 79.9. The van der Waals surface area contributed by atoms with Gasteiger partial charge in [0, 0.05) is 0 Å². The third kappa shape index (κ3) is 2.62. The van der Waals surface area contributed by atoms with Crippen molar-refractivity contribution in [3.8, 4) is 0 Å². The van der Waals surface area contributed by atoms with Gasteiger partial charge >= 0.3 is 0 Å². The van der Waals surface area contributed by atoms with E-state index in [1.165, 1.54) is 11.6 Å². The third-order valence-electron chi connectivity index (χ3n) is 3.06. The van der Waals surface area contributed by atoms with Crippen molar-refractivity contribution in [1.82, 2.24) is 0 Å². The summed E-state index contributed by atoms with van der Waals surface area (Å²) in [6.07, 6.45) is 0.999. The molecule has 18 heavy (non-hydrogen) atoms. The summed E-state index contributed by atoms with van der Waals surface area (Å²) in [4.78, 5) is 0. The Hall–Kier alpha value is -1.19. The maximum absolute atomic E-state index is 13.5. The summed E-state index contributed by atoms with van der Waals surface area (Å²) in [6, 6.07) is 12.7. The summed E-state index contributed by atoms with van der Waals surface area (Å²) in [5.74, 6) is -0.284. The van der Waals surface area contributed by atoms with Crippen LogP contribution in [0.3, 0.4) is 0 Å². The summed E-state index contributed by atoms with van der Waals surface area (Å²) < 4.78 is 13.9. The second-order valence-corrected chi connectivity index (χ2v) is 5.01. The van der Waals surface area contributed by atoms with Crippen molar-refractivity contribution in [1.29, 1.82) is 0 Å². The van der Waals surface area contributed by atoms with Gasteiger partial charge in [0.1, 0.15) is 5.82 Å². The lowest BCUT2D eigenvalue weighted by Crippen LogP contribution is -2.13. The van der Waals surface area contributed by atoms with Crippen LogP contribution in [0.2, 0.25) is 0 Å². The van der Waals surface area contributed by atoms with E-state index in [2.05, 4.69) is 35.0 Å². The van der Waals surface area contributed by atoms with Crippen molar-refractivity contribution in [2.45, 2.75) is 19.4 Å². The number of benzene rings is 2. The van der Waals surface area contributed by atoms with Crippen LogP contribution in [0.15, 0.2) is 46.9 Å². The molecule has 1 unspecified atom stereocenters. The van der Waals surface area contributed by atoms with E-state index in [4.69, 9.17) is 5.73 Å². The summed E-state index contributed by atoms with van der Waals surface area (Å²) in [5.41, 5.74) is 9.20. The predicted molar refractivity (Wildman–Crippen MR) is 76.0 cm³/mol. The SMILES string of the molecule is CCc1ccc(C(N)c2cccc(F)c2Br)cc1. The van der Waals surface area contributed by atoms with Crippen molar-refractivity contribution < 1.29 is 4.39 Å². The highest BCUT2D eigenvalue weighted by molar-refractivity contribution is 9.10. The standard InChI is InChI=1S/C15H15BrFN/c1-2-10-6-8-11(9-7-10)15(18)12-4-3-5-13(17)14(12)16/h3-9,15H,2,18H2,1H3. The van der Waals surface area contributed by atoms with E-state index in [0.717, 1.165) is 17.5 Å². The molecule has 0 heterocycles. The Morgan fingerprint density at radius 2 is 1.83 bits per heavy atom. The molecule has 0 bridgehead atoms. The molecule has 0 fully saturated rings. The normalized spacial score (nSPS) is 12.4. The van der Waals surface area contributed by atoms with Gasteiger partial charge in [0.2, 0.25) is 0 Å². The van der Waals surface area contributed by atoms with Gasteiger partial charge in [-0.15, -0.1) is 0 Å². The Balaban J connectivity index is 2.35. The van der Waals surface area contributed by atoms with Gasteiger partial charge in [0.25, 0.3) is 0 Å².